The van der Waals surface area contributed by atoms with Crippen molar-refractivity contribution in [1.29, 1.82) is 0 Å². The van der Waals surface area contributed by atoms with E-state index < -0.39 is 0 Å². The van der Waals surface area contributed by atoms with Crippen LogP contribution in [0.25, 0.3) is 9.53 Å². The minimum atomic E-state index is 0.0202. The number of rotatable bonds is 7. The van der Waals surface area contributed by atoms with Gasteiger partial charge in [0.05, 0.1) is 16.2 Å². The fourth-order valence-electron chi connectivity index (χ4n) is 2.54. The van der Waals surface area contributed by atoms with Crippen molar-refractivity contribution in [3.8, 4) is 0 Å². The lowest BCUT2D eigenvalue weighted by molar-refractivity contribution is 0.0712. The molecule has 22 heavy (non-hydrogen) atoms. The van der Waals surface area contributed by atoms with Crippen LogP contribution in [-0.4, -0.2) is 53.2 Å². The lowest BCUT2D eigenvalue weighted by Gasteiger charge is -2.20. The predicted octanol–water partition coefficient (Wildman–Crippen LogP) is 2.80. The molecule has 0 radical (unpaired) electrons. The van der Waals surface area contributed by atoms with Crippen LogP contribution >= 0.6 is 22.7 Å². The van der Waals surface area contributed by atoms with Crippen LogP contribution in [0, 0.1) is 0 Å². The number of thiazole rings is 1. The van der Waals surface area contributed by atoms with Gasteiger partial charge in [-0.2, -0.15) is 0 Å². The van der Waals surface area contributed by atoms with E-state index in [0.717, 1.165) is 45.5 Å². The summed E-state index contributed by atoms with van der Waals surface area (Å²) in [4.78, 5) is 23.0. The largest absolute Gasteiger partial charge is 0.395 e. The van der Waals surface area contributed by atoms with Gasteiger partial charge in [-0.25, -0.2) is 4.98 Å². The molecule has 0 atom stereocenters. The van der Waals surface area contributed by atoms with Crippen LogP contribution in [0.2, 0.25) is 0 Å². The van der Waals surface area contributed by atoms with Crippen molar-refractivity contribution in [1.82, 2.24) is 9.88 Å². The summed E-state index contributed by atoms with van der Waals surface area (Å²) in [5.74, 6) is 0.0381. The highest BCUT2D eigenvalue weighted by Crippen LogP contribution is 2.36. The normalized spacial score (nSPS) is 14.5. The van der Waals surface area contributed by atoms with Crippen LogP contribution in [-0.2, 0) is 0 Å². The molecule has 0 bridgehead atoms. The summed E-state index contributed by atoms with van der Waals surface area (Å²) >= 11 is 3.11. The molecule has 2 aromatic heterocycles. The highest BCUT2D eigenvalue weighted by Gasteiger charge is 2.33. The molecular formula is C15H21N3O2S2. The van der Waals surface area contributed by atoms with Crippen molar-refractivity contribution >= 4 is 43.2 Å². The van der Waals surface area contributed by atoms with Gasteiger partial charge in [0.2, 0.25) is 0 Å². The number of carbonyl (C=O) groups excluding carboxylic acids is 1. The maximum atomic E-state index is 12.6. The van der Waals surface area contributed by atoms with E-state index in [1.807, 2.05) is 6.07 Å². The van der Waals surface area contributed by atoms with E-state index >= 15 is 0 Å². The standard InChI is InChI=1S/C15H21N3O2S2/c1-3-17(4-2)15-16-13-11(22-15)9-12(21-13)14(20)18(7-8-19)10-5-6-10/h9-10,19H,3-8H2,1-2H3. The van der Waals surface area contributed by atoms with E-state index in [1.54, 1.807) is 16.2 Å². The van der Waals surface area contributed by atoms with Gasteiger partial charge in [-0.3, -0.25) is 4.79 Å². The molecule has 1 aliphatic rings. The molecule has 0 aromatic carbocycles. The first-order valence-electron chi connectivity index (χ1n) is 7.75. The van der Waals surface area contributed by atoms with E-state index in [-0.39, 0.29) is 12.5 Å². The lowest BCUT2D eigenvalue weighted by atomic mass is 10.3. The minimum Gasteiger partial charge on any atom is -0.395 e. The van der Waals surface area contributed by atoms with E-state index in [0.29, 0.717) is 12.6 Å². The number of aliphatic hydroxyl groups excluding tert-OH is 1. The number of thiophene rings is 1. The monoisotopic (exact) mass is 339 g/mol. The highest BCUT2D eigenvalue weighted by atomic mass is 32.1. The van der Waals surface area contributed by atoms with Crippen LogP contribution in [0.1, 0.15) is 36.4 Å². The number of fused-ring (bicyclic) bond motifs is 1. The summed E-state index contributed by atoms with van der Waals surface area (Å²) in [6.45, 7) is 6.57. The SMILES string of the molecule is CCN(CC)c1nc2sc(C(=O)N(CCO)C3CC3)cc2s1. The minimum absolute atomic E-state index is 0.0202. The molecule has 5 nitrogen and oxygen atoms in total. The molecule has 2 heterocycles. The van der Waals surface area contributed by atoms with E-state index in [4.69, 9.17) is 5.11 Å². The Bertz CT molecular complexity index is 627. The number of aromatic nitrogens is 1. The Balaban J connectivity index is 1.82. The van der Waals surface area contributed by atoms with Gasteiger partial charge in [0.1, 0.15) is 4.83 Å². The van der Waals surface area contributed by atoms with Gasteiger partial charge >= 0.3 is 0 Å². The molecule has 0 spiro atoms. The average molecular weight is 339 g/mol. The van der Waals surface area contributed by atoms with Crippen LogP contribution in [0.5, 0.6) is 0 Å². The first-order chi connectivity index (χ1) is 10.7. The molecule has 0 unspecified atom stereocenters. The number of aliphatic hydroxyl groups is 1. The highest BCUT2D eigenvalue weighted by molar-refractivity contribution is 7.29. The molecule has 7 heteroatoms. The maximum absolute atomic E-state index is 12.6. The molecule has 1 aliphatic carbocycles. The lowest BCUT2D eigenvalue weighted by Crippen LogP contribution is -2.35. The Morgan fingerprint density at radius 3 is 2.64 bits per heavy atom. The number of carbonyl (C=O) groups is 1. The van der Waals surface area contributed by atoms with Gasteiger partial charge in [-0.15, -0.1) is 11.3 Å². The molecule has 1 saturated carbocycles. The summed E-state index contributed by atoms with van der Waals surface area (Å²) in [6, 6.07) is 2.28. The fourth-order valence-corrected chi connectivity index (χ4v) is 4.84. The summed E-state index contributed by atoms with van der Waals surface area (Å²) in [6.07, 6.45) is 2.10. The summed E-state index contributed by atoms with van der Waals surface area (Å²) in [5, 5.41) is 10.2. The second-order valence-electron chi connectivity index (χ2n) is 5.40. The Morgan fingerprint density at radius 2 is 2.09 bits per heavy atom. The third-order valence-electron chi connectivity index (χ3n) is 3.91. The van der Waals surface area contributed by atoms with Crippen LogP contribution in [0.3, 0.4) is 0 Å². The Morgan fingerprint density at radius 1 is 1.36 bits per heavy atom. The van der Waals surface area contributed by atoms with E-state index in [2.05, 4.69) is 23.7 Å². The Labute approximate surface area is 138 Å². The van der Waals surface area contributed by atoms with Crippen molar-refractivity contribution in [2.45, 2.75) is 32.7 Å². The Hall–Kier alpha value is -1.18. The second-order valence-corrected chi connectivity index (χ2v) is 7.44. The number of anilines is 1. The van der Waals surface area contributed by atoms with Crippen LogP contribution in [0.15, 0.2) is 6.07 Å². The first-order valence-corrected chi connectivity index (χ1v) is 9.38. The molecule has 1 amide bonds. The second kappa shape index (κ2) is 6.52. The zero-order chi connectivity index (χ0) is 15.7. The van der Waals surface area contributed by atoms with Crippen molar-refractivity contribution < 1.29 is 9.90 Å². The zero-order valence-corrected chi connectivity index (χ0v) is 14.5. The molecule has 0 saturated heterocycles. The quantitative estimate of drug-likeness (QED) is 0.843. The maximum Gasteiger partial charge on any atom is 0.264 e. The number of hydrogen-bond acceptors (Lipinski definition) is 6. The van der Waals surface area contributed by atoms with Gasteiger partial charge in [-0.05, 0) is 32.8 Å². The van der Waals surface area contributed by atoms with Gasteiger partial charge < -0.3 is 14.9 Å². The first kappa shape index (κ1) is 15.7. The van der Waals surface area contributed by atoms with E-state index in [1.165, 1.54) is 11.3 Å². The van der Waals surface area contributed by atoms with Crippen molar-refractivity contribution in [3.05, 3.63) is 10.9 Å². The third kappa shape index (κ3) is 2.98. The van der Waals surface area contributed by atoms with Gasteiger partial charge in [0.25, 0.3) is 5.91 Å². The molecule has 2 aromatic rings. The van der Waals surface area contributed by atoms with Gasteiger partial charge in [0, 0.05) is 25.7 Å². The predicted molar refractivity (Wildman–Crippen MR) is 92.2 cm³/mol. The third-order valence-corrected chi connectivity index (χ3v) is 6.12. The molecule has 3 rings (SSSR count). The van der Waals surface area contributed by atoms with Crippen molar-refractivity contribution in [2.75, 3.05) is 31.1 Å². The van der Waals surface area contributed by atoms with Crippen molar-refractivity contribution in [3.63, 3.8) is 0 Å². The van der Waals surface area contributed by atoms with Crippen molar-refractivity contribution in [2.24, 2.45) is 0 Å². The van der Waals surface area contributed by atoms with Crippen LogP contribution in [0.4, 0.5) is 5.13 Å². The number of hydrogen-bond donors (Lipinski definition) is 1. The van der Waals surface area contributed by atoms with Crippen LogP contribution < -0.4 is 4.90 Å². The molecule has 1 fully saturated rings. The topological polar surface area (TPSA) is 56.7 Å². The summed E-state index contributed by atoms with van der Waals surface area (Å²) in [5.41, 5.74) is 0. The number of nitrogens with zero attached hydrogens (tertiary/aromatic N) is 3. The fraction of sp³-hybridized carbons (Fsp3) is 0.600. The zero-order valence-electron chi connectivity index (χ0n) is 12.9. The summed E-state index contributed by atoms with van der Waals surface area (Å²) < 4.78 is 1.08. The molecule has 0 aliphatic heterocycles. The van der Waals surface area contributed by atoms with E-state index in [9.17, 15) is 4.79 Å². The number of amides is 1. The smallest absolute Gasteiger partial charge is 0.264 e. The summed E-state index contributed by atoms with van der Waals surface area (Å²) in [7, 11) is 0. The molecular weight excluding hydrogens is 318 g/mol. The Kier molecular flexibility index (Phi) is 4.65. The van der Waals surface area contributed by atoms with Gasteiger partial charge in [0.15, 0.2) is 5.13 Å². The molecule has 120 valence electrons. The van der Waals surface area contributed by atoms with Gasteiger partial charge in [-0.1, -0.05) is 11.3 Å². The molecule has 1 N–H and O–H groups in total. The average Bonchev–Trinajstić information content (AvgIpc) is 3.16.